The zero-order valence-corrected chi connectivity index (χ0v) is 12.3. The Morgan fingerprint density at radius 2 is 1.81 bits per heavy atom. The van der Waals surface area contributed by atoms with Crippen molar-refractivity contribution < 1.29 is 4.39 Å². The van der Waals surface area contributed by atoms with E-state index in [1.54, 1.807) is 0 Å². The molecule has 0 saturated carbocycles. The first-order chi connectivity index (χ1) is 10.2. The first kappa shape index (κ1) is 14.1. The summed E-state index contributed by atoms with van der Waals surface area (Å²) in [6, 6.07) is 18.2. The number of anilines is 1. The van der Waals surface area contributed by atoms with Gasteiger partial charge in [0.15, 0.2) is 0 Å². The van der Waals surface area contributed by atoms with Crippen LogP contribution in [0.4, 0.5) is 10.1 Å². The van der Waals surface area contributed by atoms with Crippen molar-refractivity contribution in [1.82, 2.24) is 5.32 Å². The van der Waals surface area contributed by atoms with E-state index in [1.807, 2.05) is 18.2 Å². The maximum atomic E-state index is 13.1. The molecule has 1 aliphatic rings. The maximum Gasteiger partial charge on any atom is 0.123 e. The lowest BCUT2D eigenvalue weighted by Gasteiger charge is -2.40. The van der Waals surface area contributed by atoms with E-state index in [-0.39, 0.29) is 5.82 Å². The quantitative estimate of drug-likeness (QED) is 0.931. The standard InChI is InChI=1S/C18H21FN2/c1-14-12-20-17(11-15-5-3-2-4-6-15)13-21(14)18-9-7-16(19)8-10-18/h2-10,14,17,20H,11-13H2,1H3. The van der Waals surface area contributed by atoms with Crippen LogP contribution in [-0.2, 0) is 6.42 Å². The predicted molar refractivity (Wildman–Crippen MR) is 85.1 cm³/mol. The molecule has 0 aliphatic carbocycles. The predicted octanol–water partition coefficient (Wildman–Crippen LogP) is 3.24. The van der Waals surface area contributed by atoms with Gasteiger partial charge in [-0.1, -0.05) is 30.3 Å². The highest BCUT2D eigenvalue weighted by Gasteiger charge is 2.25. The van der Waals surface area contributed by atoms with Crippen LogP contribution in [0.25, 0.3) is 0 Å². The van der Waals surface area contributed by atoms with E-state index in [1.165, 1.54) is 17.7 Å². The molecule has 2 aromatic rings. The number of benzene rings is 2. The number of halogens is 1. The molecule has 2 aromatic carbocycles. The van der Waals surface area contributed by atoms with Gasteiger partial charge in [0.05, 0.1) is 0 Å². The van der Waals surface area contributed by atoms with Crippen molar-refractivity contribution >= 4 is 5.69 Å². The van der Waals surface area contributed by atoms with Crippen molar-refractivity contribution in [2.24, 2.45) is 0 Å². The third-order valence-electron chi connectivity index (χ3n) is 4.13. The molecule has 1 N–H and O–H groups in total. The molecule has 0 bridgehead atoms. The highest BCUT2D eigenvalue weighted by atomic mass is 19.1. The highest BCUT2D eigenvalue weighted by Crippen LogP contribution is 2.21. The zero-order valence-electron chi connectivity index (χ0n) is 12.3. The number of nitrogens with zero attached hydrogens (tertiary/aromatic N) is 1. The van der Waals surface area contributed by atoms with Gasteiger partial charge in [-0.15, -0.1) is 0 Å². The molecule has 110 valence electrons. The van der Waals surface area contributed by atoms with Gasteiger partial charge in [-0.05, 0) is 43.2 Å². The number of rotatable bonds is 3. The summed E-state index contributed by atoms with van der Waals surface area (Å²) in [5, 5.41) is 3.61. The Hall–Kier alpha value is -1.87. The van der Waals surface area contributed by atoms with Crippen molar-refractivity contribution in [3.63, 3.8) is 0 Å². The number of nitrogens with one attached hydrogen (secondary N) is 1. The van der Waals surface area contributed by atoms with Crippen LogP contribution in [0.1, 0.15) is 12.5 Å². The average molecular weight is 284 g/mol. The molecule has 1 aliphatic heterocycles. The van der Waals surface area contributed by atoms with Crippen molar-refractivity contribution in [2.45, 2.75) is 25.4 Å². The Labute approximate surface area is 125 Å². The van der Waals surface area contributed by atoms with Gasteiger partial charge < -0.3 is 10.2 Å². The van der Waals surface area contributed by atoms with Gasteiger partial charge >= 0.3 is 0 Å². The summed E-state index contributed by atoms with van der Waals surface area (Å²) >= 11 is 0. The van der Waals surface area contributed by atoms with Gasteiger partial charge in [0.2, 0.25) is 0 Å². The fourth-order valence-corrected chi connectivity index (χ4v) is 2.96. The Morgan fingerprint density at radius 3 is 2.52 bits per heavy atom. The van der Waals surface area contributed by atoms with E-state index >= 15 is 0 Å². The van der Waals surface area contributed by atoms with Crippen LogP contribution < -0.4 is 10.2 Å². The SMILES string of the molecule is CC1CNC(Cc2ccccc2)CN1c1ccc(F)cc1. The lowest BCUT2D eigenvalue weighted by Crippen LogP contribution is -2.56. The summed E-state index contributed by atoms with van der Waals surface area (Å²) in [4.78, 5) is 2.36. The van der Waals surface area contributed by atoms with E-state index in [4.69, 9.17) is 0 Å². The molecule has 1 saturated heterocycles. The van der Waals surface area contributed by atoms with E-state index in [2.05, 4.69) is 41.4 Å². The zero-order chi connectivity index (χ0) is 14.7. The maximum absolute atomic E-state index is 13.1. The minimum absolute atomic E-state index is 0.178. The fourth-order valence-electron chi connectivity index (χ4n) is 2.96. The number of hydrogen-bond acceptors (Lipinski definition) is 2. The van der Waals surface area contributed by atoms with Gasteiger partial charge in [-0.25, -0.2) is 4.39 Å². The van der Waals surface area contributed by atoms with Crippen LogP contribution >= 0.6 is 0 Å². The van der Waals surface area contributed by atoms with Crippen molar-refractivity contribution in [2.75, 3.05) is 18.0 Å². The molecule has 0 amide bonds. The Bertz CT molecular complexity index is 568. The first-order valence-corrected chi connectivity index (χ1v) is 7.52. The molecule has 0 spiro atoms. The van der Waals surface area contributed by atoms with Gasteiger partial charge in [0.1, 0.15) is 5.82 Å². The minimum Gasteiger partial charge on any atom is -0.366 e. The molecule has 2 atom stereocenters. The largest absolute Gasteiger partial charge is 0.366 e. The van der Waals surface area contributed by atoms with Crippen LogP contribution in [0, 0.1) is 5.82 Å². The molecule has 1 heterocycles. The monoisotopic (exact) mass is 284 g/mol. The van der Waals surface area contributed by atoms with Crippen LogP contribution in [0.15, 0.2) is 54.6 Å². The summed E-state index contributed by atoms with van der Waals surface area (Å²) in [6.07, 6.45) is 1.02. The van der Waals surface area contributed by atoms with Gasteiger partial charge in [0.25, 0.3) is 0 Å². The molecular weight excluding hydrogens is 263 g/mol. The third kappa shape index (κ3) is 3.42. The topological polar surface area (TPSA) is 15.3 Å². The molecular formula is C18H21FN2. The van der Waals surface area contributed by atoms with E-state index in [0.717, 1.165) is 25.2 Å². The van der Waals surface area contributed by atoms with Crippen molar-refractivity contribution in [3.05, 3.63) is 66.0 Å². The van der Waals surface area contributed by atoms with Crippen LogP contribution in [0.3, 0.4) is 0 Å². The molecule has 3 rings (SSSR count). The number of piperazine rings is 1. The summed E-state index contributed by atoms with van der Waals surface area (Å²) in [7, 11) is 0. The highest BCUT2D eigenvalue weighted by molar-refractivity contribution is 5.48. The molecule has 0 radical (unpaired) electrons. The summed E-state index contributed by atoms with van der Waals surface area (Å²) in [5.41, 5.74) is 2.45. The molecule has 2 nitrogen and oxygen atoms in total. The van der Waals surface area contributed by atoms with E-state index in [9.17, 15) is 4.39 Å². The fraction of sp³-hybridized carbons (Fsp3) is 0.333. The molecule has 21 heavy (non-hydrogen) atoms. The van der Waals surface area contributed by atoms with Crippen LogP contribution in [0.5, 0.6) is 0 Å². The second-order valence-electron chi connectivity index (χ2n) is 5.77. The molecule has 1 fully saturated rings. The first-order valence-electron chi connectivity index (χ1n) is 7.52. The van der Waals surface area contributed by atoms with E-state index < -0.39 is 0 Å². The lowest BCUT2D eigenvalue weighted by atomic mass is 10.0. The normalized spacial score (nSPS) is 22.3. The smallest absolute Gasteiger partial charge is 0.123 e. The number of hydrogen-bond donors (Lipinski definition) is 1. The van der Waals surface area contributed by atoms with Crippen LogP contribution in [-0.4, -0.2) is 25.2 Å². The summed E-state index contributed by atoms with van der Waals surface area (Å²) in [5.74, 6) is -0.178. The Kier molecular flexibility index (Phi) is 4.20. The molecule has 0 aromatic heterocycles. The molecule has 2 unspecified atom stereocenters. The summed E-state index contributed by atoms with van der Waals surface area (Å²) in [6.45, 7) is 4.10. The average Bonchev–Trinajstić information content (AvgIpc) is 2.51. The van der Waals surface area contributed by atoms with Gasteiger partial charge in [0, 0.05) is 30.9 Å². The summed E-state index contributed by atoms with van der Waals surface area (Å²) < 4.78 is 13.1. The second-order valence-corrected chi connectivity index (χ2v) is 5.77. The van der Waals surface area contributed by atoms with Crippen molar-refractivity contribution in [3.8, 4) is 0 Å². The third-order valence-corrected chi connectivity index (χ3v) is 4.13. The Morgan fingerprint density at radius 1 is 1.10 bits per heavy atom. The Balaban J connectivity index is 1.71. The second kappa shape index (κ2) is 6.27. The van der Waals surface area contributed by atoms with Gasteiger partial charge in [-0.2, -0.15) is 0 Å². The lowest BCUT2D eigenvalue weighted by molar-refractivity contribution is 0.403. The minimum atomic E-state index is -0.178. The van der Waals surface area contributed by atoms with Crippen molar-refractivity contribution in [1.29, 1.82) is 0 Å². The van der Waals surface area contributed by atoms with Crippen LogP contribution in [0.2, 0.25) is 0 Å². The van der Waals surface area contributed by atoms with Gasteiger partial charge in [-0.3, -0.25) is 0 Å². The molecule has 3 heteroatoms. The van der Waals surface area contributed by atoms with E-state index in [0.29, 0.717) is 12.1 Å².